The SMILES string of the molecule is CN=C(NCc1cccc(OCC(N)=O)c1)NC1CCN(c2cccc(F)c2)CC1.I. The molecule has 1 amide bonds. The number of primary amides is 1. The van der Waals surface area contributed by atoms with E-state index in [1.807, 2.05) is 24.3 Å². The van der Waals surface area contributed by atoms with Gasteiger partial charge >= 0.3 is 0 Å². The molecule has 1 fully saturated rings. The number of nitrogens with two attached hydrogens (primary N) is 1. The van der Waals surface area contributed by atoms with Gasteiger partial charge in [-0.1, -0.05) is 18.2 Å². The Bertz CT molecular complexity index is 888. The zero-order chi connectivity index (χ0) is 21.3. The topological polar surface area (TPSA) is 92.0 Å². The van der Waals surface area contributed by atoms with Crippen molar-refractivity contribution in [1.82, 2.24) is 10.6 Å². The maximum absolute atomic E-state index is 13.5. The molecule has 0 bridgehead atoms. The minimum absolute atomic E-state index is 0. The third-order valence-corrected chi connectivity index (χ3v) is 4.97. The maximum Gasteiger partial charge on any atom is 0.255 e. The number of carbonyl (C=O) groups excluding carboxylic acids is 1. The Morgan fingerprint density at radius 2 is 1.97 bits per heavy atom. The molecule has 1 saturated heterocycles. The van der Waals surface area contributed by atoms with Gasteiger partial charge in [-0.3, -0.25) is 9.79 Å². The number of aliphatic imine (C=N–C) groups is 1. The predicted molar refractivity (Wildman–Crippen MR) is 132 cm³/mol. The fourth-order valence-electron chi connectivity index (χ4n) is 3.43. The number of guanidine groups is 1. The summed E-state index contributed by atoms with van der Waals surface area (Å²) in [5.41, 5.74) is 7.04. The van der Waals surface area contributed by atoms with Crippen LogP contribution in [-0.2, 0) is 11.3 Å². The molecule has 1 aliphatic rings. The molecular weight excluding hydrogens is 512 g/mol. The molecule has 2 aromatic rings. The van der Waals surface area contributed by atoms with Crippen molar-refractivity contribution in [3.8, 4) is 5.75 Å². The molecule has 1 heterocycles. The van der Waals surface area contributed by atoms with E-state index in [1.54, 1.807) is 25.2 Å². The highest BCUT2D eigenvalue weighted by Gasteiger charge is 2.20. The first-order valence-corrected chi connectivity index (χ1v) is 10.0. The Morgan fingerprint density at radius 3 is 2.65 bits per heavy atom. The average molecular weight is 541 g/mol. The number of nitrogens with zero attached hydrogens (tertiary/aromatic N) is 2. The molecule has 0 aliphatic carbocycles. The molecule has 0 atom stereocenters. The summed E-state index contributed by atoms with van der Waals surface area (Å²) in [6.07, 6.45) is 1.88. The van der Waals surface area contributed by atoms with Crippen LogP contribution in [0.1, 0.15) is 18.4 Å². The standard InChI is InChI=1S/C22H28FN5O2.HI/c1-25-22(26-14-16-4-2-7-20(12-16)30-15-21(24)29)27-18-8-10-28(11-9-18)19-6-3-5-17(23)13-19;/h2-7,12-13,18H,8-11,14-15H2,1H3,(H2,24,29)(H2,25,26,27);1H. The summed E-state index contributed by atoms with van der Waals surface area (Å²) in [6, 6.07) is 14.5. The highest BCUT2D eigenvalue weighted by atomic mass is 127. The van der Waals surface area contributed by atoms with Crippen LogP contribution in [0.25, 0.3) is 0 Å². The average Bonchev–Trinajstić information content (AvgIpc) is 2.76. The van der Waals surface area contributed by atoms with Crippen LogP contribution in [0.2, 0.25) is 0 Å². The number of carbonyl (C=O) groups is 1. The Balaban J connectivity index is 0.00000341. The van der Waals surface area contributed by atoms with Gasteiger partial charge in [0.15, 0.2) is 12.6 Å². The first-order valence-electron chi connectivity index (χ1n) is 10.0. The lowest BCUT2D eigenvalue weighted by atomic mass is 10.0. The summed E-state index contributed by atoms with van der Waals surface area (Å²) >= 11 is 0. The van der Waals surface area contributed by atoms with Crippen LogP contribution < -0.4 is 26.0 Å². The van der Waals surface area contributed by atoms with Crippen molar-refractivity contribution < 1.29 is 13.9 Å². The van der Waals surface area contributed by atoms with Crippen LogP contribution in [0.15, 0.2) is 53.5 Å². The van der Waals surface area contributed by atoms with E-state index < -0.39 is 5.91 Å². The van der Waals surface area contributed by atoms with E-state index in [1.165, 1.54) is 6.07 Å². The molecule has 0 saturated carbocycles. The van der Waals surface area contributed by atoms with E-state index in [9.17, 15) is 9.18 Å². The number of benzene rings is 2. The second kappa shape index (κ2) is 12.3. The van der Waals surface area contributed by atoms with Crippen molar-refractivity contribution in [2.45, 2.75) is 25.4 Å². The number of piperidine rings is 1. The molecule has 4 N–H and O–H groups in total. The van der Waals surface area contributed by atoms with Crippen LogP contribution in [0.5, 0.6) is 5.75 Å². The zero-order valence-corrected chi connectivity index (χ0v) is 19.8. The van der Waals surface area contributed by atoms with Gasteiger partial charge in [-0.2, -0.15) is 0 Å². The Labute approximate surface area is 199 Å². The molecule has 2 aromatic carbocycles. The lowest BCUT2D eigenvalue weighted by Gasteiger charge is -2.34. The Hall–Kier alpha value is -2.56. The molecular formula is C22H29FIN5O2. The highest BCUT2D eigenvalue weighted by Crippen LogP contribution is 2.20. The molecule has 7 nitrogen and oxygen atoms in total. The number of ether oxygens (including phenoxy) is 1. The lowest BCUT2D eigenvalue weighted by molar-refractivity contribution is -0.119. The van der Waals surface area contributed by atoms with Gasteiger partial charge in [-0.25, -0.2) is 4.39 Å². The molecule has 0 aromatic heterocycles. The van der Waals surface area contributed by atoms with Crippen LogP contribution in [-0.4, -0.2) is 44.7 Å². The van der Waals surface area contributed by atoms with Gasteiger partial charge in [-0.15, -0.1) is 24.0 Å². The number of halogens is 2. The van der Waals surface area contributed by atoms with E-state index in [4.69, 9.17) is 10.5 Å². The number of hydrogen-bond acceptors (Lipinski definition) is 4. The van der Waals surface area contributed by atoms with Gasteiger partial charge in [0.2, 0.25) is 0 Å². The first kappa shape index (κ1) is 24.7. The number of nitrogens with one attached hydrogen (secondary N) is 2. The second-order valence-electron chi connectivity index (χ2n) is 7.21. The van der Waals surface area contributed by atoms with Gasteiger partial charge in [0.05, 0.1) is 0 Å². The van der Waals surface area contributed by atoms with Gasteiger partial charge in [-0.05, 0) is 48.7 Å². The fraction of sp³-hybridized carbons (Fsp3) is 0.364. The minimum Gasteiger partial charge on any atom is -0.484 e. The van der Waals surface area contributed by atoms with Gasteiger partial charge in [0.25, 0.3) is 5.91 Å². The van der Waals surface area contributed by atoms with Crippen molar-refractivity contribution >= 4 is 41.5 Å². The minimum atomic E-state index is -0.508. The second-order valence-corrected chi connectivity index (χ2v) is 7.21. The van der Waals surface area contributed by atoms with Crippen LogP contribution in [0.3, 0.4) is 0 Å². The van der Waals surface area contributed by atoms with E-state index in [-0.39, 0.29) is 36.4 Å². The zero-order valence-electron chi connectivity index (χ0n) is 17.5. The highest BCUT2D eigenvalue weighted by molar-refractivity contribution is 14.0. The smallest absolute Gasteiger partial charge is 0.255 e. The summed E-state index contributed by atoms with van der Waals surface area (Å²) in [7, 11) is 1.74. The number of rotatable bonds is 7. The number of hydrogen-bond donors (Lipinski definition) is 3. The van der Waals surface area contributed by atoms with Crippen LogP contribution >= 0.6 is 24.0 Å². The van der Waals surface area contributed by atoms with Crippen molar-refractivity contribution in [1.29, 1.82) is 0 Å². The molecule has 168 valence electrons. The first-order chi connectivity index (χ1) is 14.5. The largest absolute Gasteiger partial charge is 0.484 e. The van der Waals surface area contributed by atoms with Gasteiger partial charge < -0.3 is 26.0 Å². The summed E-state index contributed by atoms with van der Waals surface area (Å²) in [4.78, 5) is 17.4. The Kier molecular flexibility index (Phi) is 9.83. The fourth-order valence-corrected chi connectivity index (χ4v) is 3.43. The molecule has 9 heteroatoms. The van der Waals surface area contributed by atoms with Gasteiger partial charge in [0, 0.05) is 38.4 Å². The van der Waals surface area contributed by atoms with E-state index in [0.717, 1.165) is 43.1 Å². The summed E-state index contributed by atoms with van der Waals surface area (Å²) in [5, 5.41) is 6.76. The summed E-state index contributed by atoms with van der Waals surface area (Å²) in [6.45, 7) is 2.14. The molecule has 3 rings (SSSR count). The number of amides is 1. The maximum atomic E-state index is 13.5. The quantitative estimate of drug-likeness (QED) is 0.285. The van der Waals surface area contributed by atoms with Crippen molar-refractivity contribution in [3.63, 3.8) is 0 Å². The molecule has 0 spiro atoms. The monoisotopic (exact) mass is 541 g/mol. The van der Waals surface area contributed by atoms with Gasteiger partial charge in [0.1, 0.15) is 11.6 Å². The van der Waals surface area contributed by atoms with Crippen LogP contribution in [0.4, 0.5) is 10.1 Å². The van der Waals surface area contributed by atoms with Crippen molar-refractivity contribution in [3.05, 3.63) is 59.9 Å². The summed E-state index contributed by atoms with van der Waals surface area (Å²) in [5.74, 6) is 0.608. The predicted octanol–water partition coefficient (Wildman–Crippen LogP) is 2.64. The molecule has 0 radical (unpaired) electrons. The van der Waals surface area contributed by atoms with E-state index in [0.29, 0.717) is 18.3 Å². The summed E-state index contributed by atoms with van der Waals surface area (Å²) < 4.78 is 18.8. The lowest BCUT2D eigenvalue weighted by Crippen LogP contribution is -2.48. The third-order valence-electron chi connectivity index (χ3n) is 4.97. The normalized spacial score (nSPS) is 14.5. The Morgan fingerprint density at radius 1 is 1.23 bits per heavy atom. The van der Waals surface area contributed by atoms with E-state index >= 15 is 0 Å². The van der Waals surface area contributed by atoms with Crippen molar-refractivity contribution in [2.24, 2.45) is 10.7 Å². The van der Waals surface area contributed by atoms with E-state index in [2.05, 4.69) is 20.5 Å². The molecule has 31 heavy (non-hydrogen) atoms. The third kappa shape index (κ3) is 7.89. The van der Waals surface area contributed by atoms with Crippen LogP contribution in [0, 0.1) is 5.82 Å². The molecule has 0 unspecified atom stereocenters. The number of anilines is 1. The van der Waals surface area contributed by atoms with Crippen molar-refractivity contribution in [2.75, 3.05) is 31.6 Å². The molecule has 1 aliphatic heterocycles.